The monoisotopic (exact) mass is 339 g/mol. The maximum absolute atomic E-state index is 4.62. The lowest BCUT2D eigenvalue weighted by molar-refractivity contribution is 0.654. The molecule has 6 heteroatoms. The van der Waals surface area contributed by atoms with Gasteiger partial charge in [0.15, 0.2) is 5.82 Å². The molecule has 0 fully saturated rings. The molecule has 2 aromatic heterocycles. The van der Waals surface area contributed by atoms with Gasteiger partial charge in [-0.05, 0) is 49.7 Å². The molecular formula is C14H22BrN5. The van der Waals surface area contributed by atoms with Crippen LogP contribution in [0.1, 0.15) is 36.0 Å². The topological polar surface area (TPSA) is 47.7 Å². The van der Waals surface area contributed by atoms with Crippen molar-refractivity contribution in [2.24, 2.45) is 7.05 Å². The molecule has 0 unspecified atom stereocenters. The van der Waals surface area contributed by atoms with Gasteiger partial charge < -0.3 is 5.32 Å². The summed E-state index contributed by atoms with van der Waals surface area (Å²) in [6.45, 7) is 10.1. The molecule has 20 heavy (non-hydrogen) atoms. The minimum absolute atomic E-state index is 0.818. The van der Waals surface area contributed by atoms with E-state index in [1.165, 1.54) is 5.56 Å². The number of hydrogen-bond donors (Lipinski definition) is 1. The second-order valence-corrected chi connectivity index (χ2v) is 5.88. The zero-order chi connectivity index (χ0) is 14.9. The lowest BCUT2D eigenvalue weighted by Crippen LogP contribution is -2.17. The maximum atomic E-state index is 4.62. The highest BCUT2D eigenvalue weighted by Gasteiger charge is 2.19. The molecule has 2 rings (SSSR count). The third kappa shape index (κ3) is 2.67. The Kier molecular flexibility index (Phi) is 4.65. The quantitative estimate of drug-likeness (QED) is 0.852. The molecule has 0 bridgehead atoms. The average Bonchev–Trinajstić information content (AvgIpc) is 2.81. The van der Waals surface area contributed by atoms with E-state index in [0.717, 1.165) is 46.9 Å². The Morgan fingerprint density at radius 2 is 1.85 bits per heavy atom. The van der Waals surface area contributed by atoms with Crippen molar-refractivity contribution in [2.75, 3.05) is 6.54 Å². The van der Waals surface area contributed by atoms with E-state index < -0.39 is 0 Å². The molecule has 0 aliphatic carbocycles. The van der Waals surface area contributed by atoms with E-state index in [0.29, 0.717) is 0 Å². The normalized spacial score (nSPS) is 11.3. The number of aryl methyl sites for hydroxylation is 3. The van der Waals surface area contributed by atoms with E-state index >= 15 is 0 Å². The minimum Gasteiger partial charge on any atom is -0.312 e. The highest BCUT2D eigenvalue weighted by atomic mass is 79.9. The molecule has 0 saturated heterocycles. The van der Waals surface area contributed by atoms with E-state index in [9.17, 15) is 0 Å². The van der Waals surface area contributed by atoms with Gasteiger partial charge in [-0.2, -0.15) is 10.2 Å². The standard InChI is InChI=1S/C14H22BrN5/c1-6-7-16-8-12-9(2)17-19(5)14(12)20-11(4)13(15)10(3)18-20/h16H,6-8H2,1-5H3. The van der Waals surface area contributed by atoms with Crippen LogP contribution in [-0.4, -0.2) is 26.1 Å². The summed E-state index contributed by atoms with van der Waals surface area (Å²) >= 11 is 3.59. The number of aromatic nitrogens is 4. The van der Waals surface area contributed by atoms with Crippen LogP contribution in [0.15, 0.2) is 4.47 Å². The fourth-order valence-corrected chi connectivity index (χ4v) is 2.63. The van der Waals surface area contributed by atoms with Gasteiger partial charge in [0.05, 0.1) is 21.6 Å². The lowest BCUT2D eigenvalue weighted by Gasteiger charge is -2.09. The van der Waals surface area contributed by atoms with Crippen LogP contribution in [0.4, 0.5) is 0 Å². The van der Waals surface area contributed by atoms with Crippen LogP contribution in [0.25, 0.3) is 5.82 Å². The fraction of sp³-hybridized carbons (Fsp3) is 0.571. The number of halogens is 1. The Morgan fingerprint density at radius 1 is 1.15 bits per heavy atom. The Labute approximate surface area is 128 Å². The number of rotatable bonds is 5. The summed E-state index contributed by atoms with van der Waals surface area (Å²) in [6, 6.07) is 0. The summed E-state index contributed by atoms with van der Waals surface area (Å²) < 4.78 is 4.94. The zero-order valence-corrected chi connectivity index (χ0v) is 14.4. The molecule has 0 aliphatic rings. The van der Waals surface area contributed by atoms with Crippen molar-refractivity contribution in [1.82, 2.24) is 24.9 Å². The van der Waals surface area contributed by atoms with E-state index in [1.807, 2.05) is 30.3 Å². The molecule has 0 spiro atoms. The molecule has 0 aliphatic heterocycles. The van der Waals surface area contributed by atoms with Gasteiger partial charge in [0, 0.05) is 19.2 Å². The number of nitrogens with one attached hydrogen (secondary N) is 1. The molecule has 2 heterocycles. The van der Waals surface area contributed by atoms with Gasteiger partial charge in [-0.25, -0.2) is 4.68 Å². The summed E-state index contributed by atoms with van der Waals surface area (Å²) in [6.07, 6.45) is 1.13. The van der Waals surface area contributed by atoms with Crippen molar-refractivity contribution < 1.29 is 0 Å². The smallest absolute Gasteiger partial charge is 0.156 e. The molecule has 2 aromatic rings. The molecular weight excluding hydrogens is 318 g/mol. The average molecular weight is 340 g/mol. The highest BCUT2D eigenvalue weighted by Crippen LogP contribution is 2.25. The Balaban J connectivity index is 2.47. The van der Waals surface area contributed by atoms with Gasteiger partial charge in [-0.1, -0.05) is 6.92 Å². The summed E-state index contributed by atoms with van der Waals surface area (Å²) in [5, 5.41) is 12.6. The first-order valence-electron chi connectivity index (χ1n) is 6.92. The summed E-state index contributed by atoms with van der Waals surface area (Å²) in [5.74, 6) is 1.04. The van der Waals surface area contributed by atoms with Crippen molar-refractivity contribution in [3.05, 3.63) is 27.1 Å². The van der Waals surface area contributed by atoms with Crippen molar-refractivity contribution in [2.45, 2.75) is 40.7 Å². The van der Waals surface area contributed by atoms with Crippen LogP contribution in [0.3, 0.4) is 0 Å². The molecule has 0 amide bonds. The second kappa shape index (κ2) is 6.10. The van der Waals surface area contributed by atoms with Gasteiger partial charge >= 0.3 is 0 Å². The first-order valence-corrected chi connectivity index (χ1v) is 7.71. The highest BCUT2D eigenvalue weighted by molar-refractivity contribution is 9.10. The Morgan fingerprint density at radius 3 is 2.40 bits per heavy atom. The predicted octanol–water partition coefficient (Wildman–Crippen LogP) is 2.79. The number of nitrogens with zero attached hydrogens (tertiary/aromatic N) is 4. The van der Waals surface area contributed by atoms with Crippen molar-refractivity contribution in [1.29, 1.82) is 0 Å². The van der Waals surface area contributed by atoms with E-state index in [-0.39, 0.29) is 0 Å². The molecule has 0 aromatic carbocycles. The van der Waals surface area contributed by atoms with Crippen LogP contribution in [0.2, 0.25) is 0 Å². The van der Waals surface area contributed by atoms with Crippen LogP contribution in [0, 0.1) is 20.8 Å². The molecule has 1 N–H and O–H groups in total. The van der Waals surface area contributed by atoms with Crippen molar-refractivity contribution in [3.63, 3.8) is 0 Å². The third-order valence-corrected chi connectivity index (χ3v) is 4.59. The SMILES string of the molecule is CCCNCc1c(C)nn(C)c1-n1nc(C)c(Br)c1C. The maximum Gasteiger partial charge on any atom is 0.156 e. The van der Waals surface area contributed by atoms with E-state index in [4.69, 9.17) is 0 Å². The molecule has 0 atom stereocenters. The van der Waals surface area contributed by atoms with Crippen LogP contribution in [-0.2, 0) is 13.6 Å². The van der Waals surface area contributed by atoms with Crippen molar-refractivity contribution in [3.8, 4) is 5.82 Å². The summed E-state index contributed by atoms with van der Waals surface area (Å²) in [4.78, 5) is 0. The van der Waals surface area contributed by atoms with Gasteiger partial charge in [0.25, 0.3) is 0 Å². The first kappa shape index (κ1) is 15.3. The Bertz CT molecular complexity index is 612. The molecule has 0 saturated carbocycles. The summed E-state index contributed by atoms with van der Waals surface area (Å²) in [7, 11) is 1.97. The van der Waals surface area contributed by atoms with Crippen LogP contribution >= 0.6 is 15.9 Å². The van der Waals surface area contributed by atoms with Gasteiger partial charge in [-0.15, -0.1) is 0 Å². The lowest BCUT2D eigenvalue weighted by atomic mass is 10.2. The van der Waals surface area contributed by atoms with Gasteiger partial charge in [-0.3, -0.25) is 4.68 Å². The molecule has 110 valence electrons. The molecule has 5 nitrogen and oxygen atoms in total. The molecule has 0 radical (unpaired) electrons. The third-order valence-electron chi connectivity index (χ3n) is 3.45. The van der Waals surface area contributed by atoms with E-state index in [1.54, 1.807) is 0 Å². The van der Waals surface area contributed by atoms with Gasteiger partial charge in [0.2, 0.25) is 0 Å². The van der Waals surface area contributed by atoms with Crippen LogP contribution < -0.4 is 5.32 Å². The predicted molar refractivity (Wildman–Crippen MR) is 84.2 cm³/mol. The largest absolute Gasteiger partial charge is 0.312 e. The zero-order valence-electron chi connectivity index (χ0n) is 12.8. The van der Waals surface area contributed by atoms with Crippen molar-refractivity contribution >= 4 is 15.9 Å². The number of hydrogen-bond acceptors (Lipinski definition) is 3. The fourth-order valence-electron chi connectivity index (χ4n) is 2.38. The Hall–Kier alpha value is -1.14. The second-order valence-electron chi connectivity index (χ2n) is 5.08. The van der Waals surface area contributed by atoms with E-state index in [2.05, 4.69) is 45.3 Å². The minimum atomic E-state index is 0.818. The van der Waals surface area contributed by atoms with Crippen LogP contribution in [0.5, 0.6) is 0 Å². The summed E-state index contributed by atoms with van der Waals surface area (Å²) in [5.41, 5.74) is 4.35. The van der Waals surface area contributed by atoms with Gasteiger partial charge in [0.1, 0.15) is 0 Å². The first-order chi connectivity index (χ1) is 9.47.